The summed E-state index contributed by atoms with van der Waals surface area (Å²) in [5.41, 5.74) is 1.34. The third-order valence-corrected chi connectivity index (χ3v) is 4.29. The number of anilines is 2. The molecule has 25 heavy (non-hydrogen) atoms. The van der Waals surface area contributed by atoms with Crippen molar-refractivity contribution in [1.29, 1.82) is 0 Å². The minimum absolute atomic E-state index is 0.173. The van der Waals surface area contributed by atoms with Crippen LogP contribution in [0.25, 0.3) is 0 Å². The molecular formula is C18H25N3O3S. The van der Waals surface area contributed by atoms with Crippen LogP contribution in [-0.2, 0) is 5.75 Å². The Morgan fingerprint density at radius 2 is 1.88 bits per heavy atom. The second kappa shape index (κ2) is 9.36. The molecule has 2 N–H and O–H groups in total. The topological polar surface area (TPSA) is 76.2 Å². The van der Waals surface area contributed by atoms with Crippen molar-refractivity contribution in [3.8, 4) is 11.5 Å². The smallest absolute Gasteiger partial charge is 0.252 e. The Labute approximate surface area is 152 Å². The van der Waals surface area contributed by atoms with Gasteiger partial charge in [0, 0.05) is 23.6 Å². The molecule has 6 nitrogen and oxygen atoms in total. The summed E-state index contributed by atoms with van der Waals surface area (Å²) in [4.78, 5) is 19.1. The van der Waals surface area contributed by atoms with Crippen LogP contribution >= 0.6 is 11.8 Å². The number of nitrogens with zero attached hydrogens (tertiary/aromatic N) is 1. The molecule has 1 aromatic heterocycles. The first kappa shape index (κ1) is 19.2. The number of hydrogen-bond acceptors (Lipinski definition) is 6. The highest BCUT2D eigenvalue weighted by Crippen LogP contribution is 2.31. The quantitative estimate of drug-likeness (QED) is 0.702. The molecule has 0 aliphatic carbocycles. The van der Waals surface area contributed by atoms with Gasteiger partial charge in [-0.2, -0.15) is 11.8 Å². The van der Waals surface area contributed by atoms with E-state index in [9.17, 15) is 4.79 Å². The summed E-state index contributed by atoms with van der Waals surface area (Å²) >= 11 is 1.74. The number of hydrogen-bond donors (Lipinski definition) is 2. The summed E-state index contributed by atoms with van der Waals surface area (Å²) < 4.78 is 11.2. The highest BCUT2D eigenvalue weighted by molar-refractivity contribution is 7.99. The normalized spacial score (nSPS) is 10.8. The Balaban J connectivity index is 2.20. The van der Waals surface area contributed by atoms with E-state index in [1.165, 1.54) is 6.07 Å². The Hall–Kier alpha value is -2.15. The van der Waals surface area contributed by atoms with Crippen LogP contribution in [-0.4, -0.2) is 28.4 Å². The average molecular weight is 363 g/mol. The first-order chi connectivity index (χ1) is 12.0. The number of benzene rings is 1. The predicted molar refractivity (Wildman–Crippen MR) is 103 cm³/mol. The molecule has 0 aliphatic rings. The van der Waals surface area contributed by atoms with E-state index < -0.39 is 0 Å². The number of H-pyrrole nitrogens is 1. The molecule has 2 rings (SSSR count). The average Bonchev–Trinajstić information content (AvgIpc) is 2.55. The third-order valence-electron chi connectivity index (χ3n) is 3.17. The van der Waals surface area contributed by atoms with Crippen molar-refractivity contribution in [2.24, 2.45) is 0 Å². The third kappa shape index (κ3) is 6.01. The van der Waals surface area contributed by atoms with Crippen molar-refractivity contribution < 1.29 is 9.47 Å². The molecule has 1 heterocycles. The Morgan fingerprint density at radius 1 is 1.16 bits per heavy atom. The van der Waals surface area contributed by atoms with Crippen LogP contribution in [0.5, 0.6) is 11.5 Å². The lowest BCUT2D eigenvalue weighted by molar-refractivity contribution is 0.288. The van der Waals surface area contributed by atoms with Gasteiger partial charge in [0.1, 0.15) is 0 Å². The standard InChI is InChI=1S/C18H25N3O3S/c1-5-23-15-8-7-13(9-16(15)24-6-2)19-18-20-14(10-17(22)21-18)11-25-12(3)4/h7-10,12H,5-6,11H2,1-4H3,(H2,19,20,21,22). The maximum Gasteiger partial charge on any atom is 0.252 e. The zero-order valence-corrected chi connectivity index (χ0v) is 15.9. The molecule has 0 spiro atoms. The second-order valence-electron chi connectivity index (χ2n) is 5.60. The van der Waals surface area contributed by atoms with Crippen LogP contribution in [0.4, 0.5) is 11.6 Å². The summed E-state index contributed by atoms with van der Waals surface area (Å²) in [6.07, 6.45) is 0. The van der Waals surface area contributed by atoms with E-state index in [0.29, 0.717) is 41.7 Å². The van der Waals surface area contributed by atoms with Gasteiger partial charge in [-0.3, -0.25) is 9.78 Å². The van der Waals surface area contributed by atoms with Crippen molar-refractivity contribution in [2.75, 3.05) is 18.5 Å². The molecule has 0 unspecified atom stereocenters. The summed E-state index contributed by atoms with van der Waals surface area (Å²) in [6, 6.07) is 7.07. The van der Waals surface area contributed by atoms with Crippen LogP contribution < -0.4 is 20.3 Å². The summed E-state index contributed by atoms with van der Waals surface area (Å²) in [6.45, 7) is 9.19. The van der Waals surface area contributed by atoms with Gasteiger partial charge < -0.3 is 14.8 Å². The van der Waals surface area contributed by atoms with E-state index in [-0.39, 0.29) is 5.56 Å². The zero-order valence-electron chi connectivity index (χ0n) is 15.1. The lowest BCUT2D eigenvalue weighted by atomic mass is 10.2. The van der Waals surface area contributed by atoms with Crippen molar-refractivity contribution in [2.45, 2.75) is 38.7 Å². The van der Waals surface area contributed by atoms with E-state index in [1.54, 1.807) is 11.8 Å². The molecule has 0 saturated heterocycles. The molecule has 0 fully saturated rings. The van der Waals surface area contributed by atoms with Gasteiger partial charge in [-0.1, -0.05) is 13.8 Å². The number of nitrogens with one attached hydrogen (secondary N) is 2. The predicted octanol–water partition coefficient (Wildman–Crippen LogP) is 3.95. The van der Waals surface area contributed by atoms with E-state index in [1.807, 2.05) is 32.0 Å². The maximum absolute atomic E-state index is 11.9. The van der Waals surface area contributed by atoms with Gasteiger partial charge in [-0.25, -0.2) is 4.98 Å². The van der Waals surface area contributed by atoms with Gasteiger partial charge >= 0.3 is 0 Å². The molecule has 2 aromatic rings. The monoisotopic (exact) mass is 363 g/mol. The second-order valence-corrected chi connectivity index (χ2v) is 7.16. The minimum Gasteiger partial charge on any atom is -0.490 e. The van der Waals surface area contributed by atoms with E-state index in [2.05, 4.69) is 29.1 Å². The Kier molecular flexibility index (Phi) is 7.18. The van der Waals surface area contributed by atoms with Crippen LogP contribution in [0.15, 0.2) is 29.1 Å². The summed E-state index contributed by atoms with van der Waals surface area (Å²) in [5, 5.41) is 3.61. The number of aromatic amines is 1. The molecule has 7 heteroatoms. The van der Waals surface area contributed by atoms with E-state index in [0.717, 1.165) is 11.4 Å². The lowest BCUT2D eigenvalue weighted by Gasteiger charge is -2.13. The first-order valence-corrected chi connectivity index (χ1v) is 9.45. The Morgan fingerprint density at radius 3 is 2.56 bits per heavy atom. The molecule has 0 aliphatic heterocycles. The molecule has 0 radical (unpaired) electrons. The minimum atomic E-state index is -0.173. The molecule has 0 atom stereocenters. The SMILES string of the molecule is CCOc1ccc(Nc2nc(CSC(C)C)cc(=O)[nH]2)cc1OCC. The van der Waals surface area contributed by atoms with Crippen molar-refractivity contribution >= 4 is 23.4 Å². The lowest BCUT2D eigenvalue weighted by Crippen LogP contribution is -2.12. The largest absolute Gasteiger partial charge is 0.490 e. The number of ether oxygens (including phenoxy) is 2. The van der Waals surface area contributed by atoms with Crippen molar-refractivity contribution in [3.63, 3.8) is 0 Å². The van der Waals surface area contributed by atoms with E-state index >= 15 is 0 Å². The van der Waals surface area contributed by atoms with Crippen molar-refractivity contribution in [3.05, 3.63) is 40.3 Å². The van der Waals surface area contributed by atoms with Gasteiger partial charge in [-0.15, -0.1) is 0 Å². The van der Waals surface area contributed by atoms with Gasteiger partial charge in [0.05, 0.1) is 18.9 Å². The highest BCUT2D eigenvalue weighted by Gasteiger charge is 2.08. The van der Waals surface area contributed by atoms with Crippen LogP contribution in [0, 0.1) is 0 Å². The summed E-state index contributed by atoms with van der Waals surface area (Å²) in [5.74, 6) is 2.46. The fourth-order valence-corrected chi connectivity index (χ4v) is 2.81. The first-order valence-electron chi connectivity index (χ1n) is 8.40. The maximum atomic E-state index is 11.9. The molecule has 0 bridgehead atoms. The van der Waals surface area contributed by atoms with Gasteiger partial charge in [0.15, 0.2) is 11.5 Å². The number of thioether (sulfide) groups is 1. The molecule has 1 aromatic carbocycles. The van der Waals surface area contributed by atoms with E-state index in [4.69, 9.17) is 9.47 Å². The van der Waals surface area contributed by atoms with Crippen molar-refractivity contribution in [1.82, 2.24) is 9.97 Å². The van der Waals surface area contributed by atoms with Gasteiger partial charge in [0.25, 0.3) is 5.56 Å². The molecular weight excluding hydrogens is 338 g/mol. The molecule has 0 amide bonds. The molecule has 0 saturated carbocycles. The van der Waals surface area contributed by atoms with Crippen LogP contribution in [0.2, 0.25) is 0 Å². The van der Waals surface area contributed by atoms with Gasteiger partial charge in [-0.05, 0) is 31.2 Å². The number of aromatic nitrogens is 2. The van der Waals surface area contributed by atoms with Crippen LogP contribution in [0.1, 0.15) is 33.4 Å². The fraction of sp³-hybridized carbons (Fsp3) is 0.444. The molecule has 136 valence electrons. The van der Waals surface area contributed by atoms with Gasteiger partial charge in [0.2, 0.25) is 5.95 Å². The number of rotatable bonds is 9. The van der Waals surface area contributed by atoms with Crippen LogP contribution in [0.3, 0.4) is 0 Å². The zero-order chi connectivity index (χ0) is 18.2. The highest BCUT2D eigenvalue weighted by atomic mass is 32.2. The summed E-state index contributed by atoms with van der Waals surface area (Å²) in [7, 11) is 0. The fourth-order valence-electron chi connectivity index (χ4n) is 2.16. The Bertz CT molecular complexity index is 747.